The molecule has 1 aliphatic rings. The molecule has 1 unspecified atom stereocenters. The molecule has 0 aromatic rings. The first kappa shape index (κ1) is 20.1. The van der Waals surface area contributed by atoms with Crippen LogP contribution in [0, 0.1) is 11.3 Å². The van der Waals surface area contributed by atoms with Gasteiger partial charge in [-0.15, -0.1) is 0 Å². The van der Waals surface area contributed by atoms with Gasteiger partial charge in [-0.2, -0.15) is 35.3 Å². The third-order valence-corrected chi connectivity index (χ3v) is 7.79. The van der Waals surface area contributed by atoms with E-state index in [4.69, 9.17) is 0 Å². The van der Waals surface area contributed by atoms with Crippen LogP contribution >= 0.6 is 35.3 Å². The van der Waals surface area contributed by atoms with Crippen molar-refractivity contribution < 1.29 is 0 Å². The van der Waals surface area contributed by atoms with Gasteiger partial charge in [-0.1, -0.05) is 33.6 Å². The molecule has 0 N–H and O–H groups in total. The molecular weight excluding hydrogens is 312 g/mol. The van der Waals surface area contributed by atoms with Crippen molar-refractivity contribution in [1.82, 2.24) is 0 Å². The van der Waals surface area contributed by atoms with Crippen LogP contribution in [0.5, 0.6) is 0 Å². The van der Waals surface area contributed by atoms with Gasteiger partial charge in [-0.05, 0) is 78.0 Å². The molecule has 0 nitrogen and oxygen atoms in total. The van der Waals surface area contributed by atoms with Crippen LogP contribution < -0.4 is 0 Å². The highest BCUT2D eigenvalue weighted by atomic mass is 32.2. The van der Waals surface area contributed by atoms with Crippen molar-refractivity contribution in [2.75, 3.05) is 34.5 Å². The molecule has 21 heavy (non-hydrogen) atoms. The molecule has 1 fully saturated rings. The van der Waals surface area contributed by atoms with Crippen LogP contribution in [-0.4, -0.2) is 34.5 Å². The zero-order valence-corrected chi connectivity index (χ0v) is 16.9. The first-order valence-electron chi connectivity index (χ1n) is 9.02. The first-order valence-corrected chi connectivity index (χ1v) is 12.5. The second kappa shape index (κ2) is 12.5. The van der Waals surface area contributed by atoms with E-state index in [0.717, 1.165) is 5.92 Å². The molecule has 1 atom stereocenters. The van der Waals surface area contributed by atoms with Gasteiger partial charge in [-0.3, -0.25) is 0 Å². The molecule has 0 aliphatic heterocycles. The van der Waals surface area contributed by atoms with Crippen LogP contribution in [0.2, 0.25) is 0 Å². The molecule has 0 aromatic heterocycles. The van der Waals surface area contributed by atoms with E-state index in [9.17, 15) is 0 Å². The van der Waals surface area contributed by atoms with Crippen molar-refractivity contribution in [3.8, 4) is 0 Å². The summed E-state index contributed by atoms with van der Waals surface area (Å²) in [6.45, 7) is 6.91. The fraction of sp³-hybridized carbons (Fsp3) is 1.00. The maximum Gasteiger partial charge on any atom is -0.00622 e. The smallest absolute Gasteiger partial charge is 0.00622 e. The molecule has 0 radical (unpaired) electrons. The fourth-order valence-corrected chi connectivity index (χ4v) is 6.24. The van der Waals surface area contributed by atoms with Crippen molar-refractivity contribution in [3.63, 3.8) is 0 Å². The molecule has 0 aromatic carbocycles. The van der Waals surface area contributed by atoms with Crippen LogP contribution in [0.1, 0.15) is 65.7 Å². The van der Waals surface area contributed by atoms with Gasteiger partial charge in [0.1, 0.15) is 0 Å². The van der Waals surface area contributed by atoms with E-state index in [0.29, 0.717) is 5.41 Å². The van der Waals surface area contributed by atoms with Crippen LogP contribution in [0.25, 0.3) is 0 Å². The van der Waals surface area contributed by atoms with Gasteiger partial charge in [-0.25, -0.2) is 0 Å². The van der Waals surface area contributed by atoms with Gasteiger partial charge in [0.2, 0.25) is 0 Å². The lowest BCUT2D eigenvalue weighted by atomic mass is 9.62. The molecule has 0 amide bonds. The lowest BCUT2D eigenvalue weighted by Gasteiger charge is -2.45. The summed E-state index contributed by atoms with van der Waals surface area (Å²) in [5.41, 5.74) is 0.691. The Labute approximate surface area is 146 Å². The number of hydrogen-bond acceptors (Lipinski definition) is 3. The number of hydrogen-bond donors (Lipinski definition) is 0. The summed E-state index contributed by atoms with van der Waals surface area (Å²) in [6, 6.07) is 0. The highest BCUT2D eigenvalue weighted by Gasteiger charge is 2.39. The van der Waals surface area contributed by atoms with Crippen LogP contribution in [0.15, 0.2) is 0 Å². The lowest BCUT2D eigenvalue weighted by molar-refractivity contribution is 0.0833. The van der Waals surface area contributed by atoms with Crippen molar-refractivity contribution in [2.45, 2.75) is 65.7 Å². The maximum atomic E-state index is 2.31. The highest BCUT2D eigenvalue weighted by molar-refractivity contribution is 7.99. The molecule has 3 heteroatoms. The quantitative estimate of drug-likeness (QED) is 0.365. The Morgan fingerprint density at radius 2 is 1.38 bits per heavy atom. The second-order valence-electron chi connectivity index (χ2n) is 6.18. The topological polar surface area (TPSA) is 0 Å². The van der Waals surface area contributed by atoms with Crippen molar-refractivity contribution in [3.05, 3.63) is 0 Å². The summed E-state index contributed by atoms with van der Waals surface area (Å²) in [4.78, 5) is 0. The number of rotatable bonds is 12. The van der Waals surface area contributed by atoms with Gasteiger partial charge in [0.15, 0.2) is 0 Å². The SMILES string of the molecule is CCSCCC1CCCCC1(CCSCC)CCSCC. The minimum atomic E-state index is 0.691. The van der Waals surface area contributed by atoms with Crippen LogP contribution in [0.4, 0.5) is 0 Å². The standard InChI is InChI=1S/C18H36S3/c1-4-19-14-10-17-9-7-8-11-18(17,12-15-20-5-2)13-16-21-6-3/h17H,4-16H2,1-3H3. The van der Waals surface area contributed by atoms with E-state index < -0.39 is 0 Å². The fourth-order valence-electron chi connectivity index (χ4n) is 3.82. The predicted octanol–water partition coefficient (Wildman–Crippen LogP) is 6.59. The molecule has 0 spiro atoms. The van der Waals surface area contributed by atoms with Gasteiger partial charge < -0.3 is 0 Å². The zero-order valence-electron chi connectivity index (χ0n) is 14.5. The van der Waals surface area contributed by atoms with Gasteiger partial charge in [0.25, 0.3) is 0 Å². The molecule has 0 heterocycles. The Kier molecular flexibility index (Phi) is 11.9. The number of thioether (sulfide) groups is 3. The van der Waals surface area contributed by atoms with Gasteiger partial charge in [0.05, 0.1) is 0 Å². The Morgan fingerprint density at radius 3 is 1.95 bits per heavy atom. The average molecular weight is 349 g/mol. The molecule has 0 saturated heterocycles. The Bertz CT molecular complexity index is 233. The van der Waals surface area contributed by atoms with E-state index >= 15 is 0 Å². The average Bonchev–Trinajstić information content (AvgIpc) is 2.50. The minimum Gasteiger partial charge on any atom is -0.162 e. The second-order valence-corrected chi connectivity index (χ2v) is 10.4. The Balaban J connectivity index is 2.61. The third kappa shape index (κ3) is 7.44. The van der Waals surface area contributed by atoms with Crippen molar-refractivity contribution in [2.24, 2.45) is 11.3 Å². The molecule has 126 valence electrons. The van der Waals surface area contributed by atoms with Crippen LogP contribution in [0.3, 0.4) is 0 Å². The van der Waals surface area contributed by atoms with E-state index in [-0.39, 0.29) is 0 Å². The molecule has 1 aliphatic carbocycles. The summed E-state index contributed by atoms with van der Waals surface area (Å²) in [5, 5.41) is 0. The monoisotopic (exact) mass is 348 g/mol. The zero-order chi connectivity index (χ0) is 15.4. The molecule has 1 rings (SSSR count). The summed E-state index contributed by atoms with van der Waals surface area (Å²) in [7, 11) is 0. The first-order chi connectivity index (χ1) is 10.3. The van der Waals surface area contributed by atoms with Crippen molar-refractivity contribution >= 4 is 35.3 Å². The minimum absolute atomic E-state index is 0.691. The Morgan fingerprint density at radius 1 is 0.810 bits per heavy atom. The Hall–Kier alpha value is 1.05. The third-order valence-electron chi connectivity index (χ3n) is 5.05. The summed E-state index contributed by atoms with van der Waals surface area (Å²) in [5.74, 6) is 9.06. The normalized spacial score (nSPS) is 21.6. The lowest BCUT2D eigenvalue weighted by Crippen LogP contribution is -2.35. The van der Waals surface area contributed by atoms with Crippen molar-refractivity contribution in [1.29, 1.82) is 0 Å². The van der Waals surface area contributed by atoms with E-state index in [1.807, 2.05) is 0 Å². The summed E-state index contributed by atoms with van der Waals surface area (Å²) < 4.78 is 0. The van der Waals surface area contributed by atoms with Gasteiger partial charge >= 0.3 is 0 Å². The van der Waals surface area contributed by atoms with Crippen LogP contribution in [-0.2, 0) is 0 Å². The van der Waals surface area contributed by atoms with E-state index in [1.165, 1.54) is 79.5 Å². The molecular formula is C18H36S3. The summed E-state index contributed by atoms with van der Waals surface area (Å²) >= 11 is 6.46. The molecule has 1 saturated carbocycles. The largest absolute Gasteiger partial charge is 0.162 e. The van der Waals surface area contributed by atoms with E-state index in [1.54, 1.807) is 0 Å². The summed E-state index contributed by atoms with van der Waals surface area (Å²) in [6.07, 6.45) is 10.5. The molecule has 0 bridgehead atoms. The maximum absolute atomic E-state index is 2.31. The van der Waals surface area contributed by atoms with Gasteiger partial charge in [0, 0.05) is 0 Å². The van der Waals surface area contributed by atoms with E-state index in [2.05, 4.69) is 56.1 Å². The highest BCUT2D eigenvalue weighted by Crippen LogP contribution is 2.49. The predicted molar refractivity (Wildman–Crippen MR) is 107 cm³/mol.